The van der Waals surface area contributed by atoms with Crippen molar-refractivity contribution in [3.63, 3.8) is 0 Å². The Balaban J connectivity index is 1.99. The van der Waals surface area contributed by atoms with Crippen LogP contribution in [0.5, 0.6) is 0 Å². The number of piperazine rings is 1. The number of unbranched alkanes of at least 4 members (excludes halogenated alkanes) is 1. The predicted octanol–water partition coefficient (Wildman–Crippen LogP) is -0.371. The van der Waals surface area contributed by atoms with E-state index >= 15 is 0 Å². The number of nitrogens with zero attached hydrogens (tertiary/aromatic N) is 3. The number of amides is 1. The predicted molar refractivity (Wildman–Crippen MR) is 103 cm³/mol. The number of hydrazone groups is 1. The molecule has 0 radical (unpaired) electrons. The van der Waals surface area contributed by atoms with Crippen LogP contribution in [0, 0.1) is 0 Å². The molecule has 11 heteroatoms. The SMILES string of the molecule is CCC/C=N/NC(=S)N1CCN(S(=O)(=O)C2(C(N)=O)CCOCC2)CC1. The van der Waals surface area contributed by atoms with Gasteiger partial charge in [0.1, 0.15) is 0 Å². The quantitative estimate of drug-likeness (QED) is 0.352. The second-order valence-electron chi connectivity index (χ2n) is 6.38. The van der Waals surface area contributed by atoms with E-state index in [2.05, 4.69) is 17.5 Å². The smallest absolute Gasteiger partial charge is 0.240 e. The van der Waals surface area contributed by atoms with Crippen molar-refractivity contribution in [3.8, 4) is 0 Å². The third-order valence-electron chi connectivity index (χ3n) is 4.78. The molecule has 2 saturated heterocycles. The van der Waals surface area contributed by atoms with Crippen molar-refractivity contribution in [2.75, 3.05) is 39.4 Å². The molecule has 9 nitrogen and oxygen atoms in total. The van der Waals surface area contributed by atoms with Gasteiger partial charge in [-0.15, -0.1) is 0 Å². The highest BCUT2D eigenvalue weighted by atomic mass is 32.2. The summed E-state index contributed by atoms with van der Waals surface area (Å²) in [6.45, 7) is 3.84. The Morgan fingerprint density at radius 1 is 1.31 bits per heavy atom. The summed E-state index contributed by atoms with van der Waals surface area (Å²) in [4.78, 5) is 13.9. The number of primary amides is 1. The fourth-order valence-electron chi connectivity index (χ4n) is 3.08. The largest absolute Gasteiger partial charge is 0.381 e. The summed E-state index contributed by atoms with van der Waals surface area (Å²) in [7, 11) is -3.86. The second-order valence-corrected chi connectivity index (χ2v) is 9.01. The lowest BCUT2D eigenvalue weighted by Crippen LogP contribution is -2.62. The first-order valence-electron chi connectivity index (χ1n) is 8.79. The van der Waals surface area contributed by atoms with E-state index in [0.29, 0.717) is 18.2 Å². The summed E-state index contributed by atoms with van der Waals surface area (Å²) < 4.78 is 31.2. The summed E-state index contributed by atoms with van der Waals surface area (Å²) in [5.41, 5.74) is 8.29. The van der Waals surface area contributed by atoms with Gasteiger partial charge >= 0.3 is 0 Å². The van der Waals surface area contributed by atoms with Gasteiger partial charge in [-0.05, 0) is 18.6 Å². The Bertz CT molecular complexity index is 638. The lowest BCUT2D eigenvalue weighted by atomic mass is 9.98. The zero-order chi connectivity index (χ0) is 19.2. The van der Waals surface area contributed by atoms with Crippen molar-refractivity contribution in [3.05, 3.63) is 0 Å². The Kier molecular flexibility index (Phi) is 7.33. The summed E-state index contributed by atoms with van der Waals surface area (Å²) >= 11 is 5.29. The van der Waals surface area contributed by atoms with Crippen molar-refractivity contribution in [1.82, 2.24) is 14.6 Å². The Hall–Kier alpha value is -1.30. The molecule has 2 aliphatic heterocycles. The molecule has 2 rings (SSSR count). The standard InChI is InChI=1S/C15H27N5O4S2/c1-2-3-6-17-18-14(25)19-7-9-20(10-8-19)26(22,23)15(13(16)21)4-11-24-12-5-15/h6H,2-5,7-12H2,1H3,(H2,16,21)(H,18,25)/b17-6+. The van der Waals surface area contributed by atoms with Gasteiger partial charge in [0.05, 0.1) is 0 Å². The highest BCUT2D eigenvalue weighted by molar-refractivity contribution is 7.91. The minimum atomic E-state index is -3.86. The number of carbonyl (C=O) groups is 1. The maximum absolute atomic E-state index is 13.1. The van der Waals surface area contributed by atoms with Gasteiger partial charge in [-0.25, -0.2) is 8.42 Å². The van der Waals surface area contributed by atoms with Crippen LogP contribution >= 0.6 is 12.2 Å². The first-order valence-corrected chi connectivity index (χ1v) is 10.6. The van der Waals surface area contributed by atoms with Crippen LogP contribution in [0.2, 0.25) is 0 Å². The number of rotatable bonds is 6. The van der Waals surface area contributed by atoms with Crippen LogP contribution in [-0.2, 0) is 19.6 Å². The van der Waals surface area contributed by atoms with Crippen molar-refractivity contribution >= 4 is 39.5 Å². The summed E-state index contributed by atoms with van der Waals surface area (Å²) in [6.07, 6.45) is 3.81. The molecular weight excluding hydrogens is 378 g/mol. The van der Waals surface area contributed by atoms with Crippen molar-refractivity contribution < 1.29 is 17.9 Å². The number of thiocarbonyl (C=S) groups is 1. The molecule has 0 atom stereocenters. The first-order chi connectivity index (χ1) is 12.3. The topological polar surface area (TPSA) is 117 Å². The van der Waals surface area contributed by atoms with Gasteiger partial charge in [0.25, 0.3) is 0 Å². The maximum atomic E-state index is 13.1. The third kappa shape index (κ3) is 4.33. The fraction of sp³-hybridized carbons (Fsp3) is 0.800. The van der Waals surface area contributed by atoms with Gasteiger partial charge in [-0.1, -0.05) is 13.3 Å². The van der Waals surface area contributed by atoms with Crippen LogP contribution in [0.4, 0.5) is 0 Å². The molecule has 0 aliphatic carbocycles. The average molecular weight is 406 g/mol. The number of nitrogens with two attached hydrogens (primary N) is 1. The molecule has 26 heavy (non-hydrogen) atoms. The van der Waals surface area contributed by atoms with Gasteiger partial charge in [-0.3, -0.25) is 10.2 Å². The van der Waals surface area contributed by atoms with Crippen molar-refractivity contribution in [2.24, 2.45) is 10.8 Å². The van der Waals surface area contributed by atoms with E-state index in [0.717, 1.165) is 12.8 Å². The molecule has 0 aromatic carbocycles. The summed E-state index contributed by atoms with van der Waals surface area (Å²) in [5, 5.41) is 4.51. The first kappa shape index (κ1) is 21.0. The molecule has 0 spiro atoms. The van der Waals surface area contributed by atoms with E-state index < -0.39 is 20.7 Å². The summed E-state index contributed by atoms with van der Waals surface area (Å²) in [6, 6.07) is 0. The number of ether oxygens (including phenoxy) is 1. The number of nitrogens with one attached hydrogen (secondary N) is 1. The van der Waals surface area contributed by atoms with Crippen molar-refractivity contribution in [1.29, 1.82) is 0 Å². The number of hydrogen-bond donors (Lipinski definition) is 2. The molecule has 2 aliphatic rings. The molecule has 0 bridgehead atoms. The zero-order valence-corrected chi connectivity index (χ0v) is 16.6. The second kappa shape index (κ2) is 9.07. The van der Waals surface area contributed by atoms with Crippen LogP contribution in [-0.4, -0.2) is 79.0 Å². The van der Waals surface area contributed by atoms with Crippen molar-refractivity contribution in [2.45, 2.75) is 37.4 Å². The van der Waals surface area contributed by atoms with Crippen LogP contribution in [0.25, 0.3) is 0 Å². The zero-order valence-electron chi connectivity index (χ0n) is 15.0. The number of carbonyl (C=O) groups excluding carboxylic acids is 1. The van der Waals surface area contributed by atoms with Crippen LogP contribution < -0.4 is 11.2 Å². The van der Waals surface area contributed by atoms with E-state index in [-0.39, 0.29) is 39.1 Å². The van der Waals surface area contributed by atoms with Crippen LogP contribution in [0.15, 0.2) is 5.10 Å². The average Bonchev–Trinajstić information content (AvgIpc) is 2.65. The van der Waals surface area contributed by atoms with Gasteiger partial charge in [-0.2, -0.15) is 9.41 Å². The fourth-order valence-corrected chi connectivity index (χ4v) is 5.39. The molecule has 1 amide bonds. The molecule has 2 heterocycles. The molecule has 0 unspecified atom stereocenters. The highest BCUT2D eigenvalue weighted by Crippen LogP contribution is 2.32. The molecule has 0 aromatic rings. The van der Waals surface area contributed by atoms with Gasteiger partial charge in [0.2, 0.25) is 15.9 Å². The summed E-state index contributed by atoms with van der Waals surface area (Å²) in [5.74, 6) is -0.800. The molecule has 3 N–H and O–H groups in total. The lowest BCUT2D eigenvalue weighted by Gasteiger charge is -2.41. The highest BCUT2D eigenvalue weighted by Gasteiger charge is 2.53. The van der Waals surface area contributed by atoms with Crippen LogP contribution in [0.1, 0.15) is 32.6 Å². The molecule has 0 saturated carbocycles. The normalized spacial score (nSPS) is 21.7. The minimum absolute atomic E-state index is 0.0942. The monoisotopic (exact) mass is 405 g/mol. The van der Waals surface area contributed by atoms with E-state index in [1.165, 1.54) is 4.31 Å². The van der Waals surface area contributed by atoms with E-state index in [4.69, 9.17) is 22.7 Å². The Morgan fingerprint density at radius 2 is 1.92 bits per heavy atom. The number of hydrogen-bond acceptors (Lipinski definition) is 6. The Morgan fingerprint density at radius 3 is 2.46 bits per heavy atom. The molecule has 0 aromatic heterocycles. The number of sulfonamides is 1. The third-order valence-corrected chi connectivity index (χ3v) is 7.77. The van der Waals surface area contributed by atoms with E-state index in [1.807, 2.05) is 4.90 Å². The van der Waals surface area contributed by atoms with Gasteiger partial charge in [0, 0.05) is 58.4 Å². The Labute approximate surface area is 160 Å². The maximum Gasteiger partial charge on any atom is 0.240 e. The van der Waals surface area contributed by atoms with E-state index in [9.17, 15) is 13.2 Å². The van der Waals surface area contributed by atoms with Gasteiger partial charge < -0.3 is 15.4 Å². The molecule has 148 valence electrons. The van der Waals surface area contributed by atoms with Crippen LogP contribution in [0.3, 0.4) is 0 Å². The lowest BCUT2D eigenvalue weighted by molar-refractivity contribution is -0.123. The molecule has 2 fully saturated rings. The minimum Gasteiger partial charge on any atom is -0.381 e. The molecular formula is C15H27N5O4S2. The van der Waals surface area contributed by atoms with Gasteiger partial charge in [0.15, 0.2) is 9.86 Å². The van der Waals surface area contributed by atoms with E-state index in [1.54, 1.807) is 6.21 Å².